The number of halogens is 3. The number of nitrogens with zero attached hydrogens (tertiary/aromatic N) is 3. The first-order valence-electron chi connectivity index (χ1n) is 6.81. The number of rotatable bonds is 3. The third-order valence-electron chi connectivity index (χ3n) is 3.32. The van der Waals surface area contributed by atoms with Crippen LogP contribution in [0.4, 0.5) is 13.2 Å². The molecule has 9 heteroatoms. The maximum Gasteiger partial charge on any atom is 0.416 e. The molecule has 0 saturated carbocycles. The Morgan fingerprint density at radius 2 is 2.17 bits per heavy atom. The molecule has 2 aliphatic heterocycles. The van der Waals surface area contributed by atoms with Gasteiger partial charge in [0.25, 0.3) is 5.91 Å². The number of carbonyl (C=O) groups is 1. The lowest BCUT2D eigenvalue weighted by Gasteiger charge is -2.15. The van der Waals surface area contributed by atoms with Gasteiger partial charge >= 0.3 is 6.18 Å². The van der Waals surface area contributed by atoms with Crippen LogP contribution in [0.3, 0.4) is 0 Å². The van der Waals surface area contributed by atoms with Crippen LogP contribution in [0.2, 0.25) is 0 Å². The Kier molecular flexibility index (Phi) is 4.55. The van der Waals surface area contributed by atoms with E-state index >= 15 is 0 Å². The molecule has 3 rings (SSSR count). The van der Waals surface area contributed by atoms with Crippen LogP contribution >= 0.6 is 24.0 Å². The number of thiocarbonyl (C=S) groups is 1. The molecule has 0 atom stereocenters. The number of hydrogen-bond acceptors (Lipinski definition) is 5. The zero-order valence-electron chi connectivity index (χ0n) is 12.1. The molecule has 4 nitrogen and oxygen atoms in total. The van der Waals surface area contributed by atoms with Crippen molar-refractivity contribution in [2.24, 2.45) is 9.98 Å². The summed E-state index contributed by atoms with van der Waals surface area (Å²) in [4.78, 5) is 22.0. The van der Waals surface area contributed by atoms with E-state index in [4.69, 9.17) is 12.2 Å². The third kappa shape index (κ3) is 3.57. The van der Waals surface area contributed by atoms with Crippen molar-refractivity contribution in [3.8, 4) is 0 Å². The molecular formula is C15H10F3N3OS2. The summed E-state index contributed by atoms with van der Waals surface area (Å²) >= 11 is 6.28. The number of aliphatic imine (C=N–C) groups is 2. The van der Waals surface area contributed by atoms with E-state index in [0.717, 1.165) is 23.9 Å². The number of thioether (sulfide) groups is 1. The van der Waals surface area contributed by atoms with Crippen LogP contribution in [-0.4, -0.2) is 33.7 Å². The monoisotopic (exact) mass is 369 g/mol. The maximum atomic E-state index is 12.8. The Labute approximate surface area is 145 Å². The van der Waals surface area contributed by atoms with Gasteiger partial charge in [0, 0.05) is 0 Å². The summed E-state index contributed by atoms with van der Waals surface area (Å²) in [5.41, 5.74) is 0.261. The topological polar surface area (TPSA) is 45.0 Å². The Morgan fingerprint density at radius 1 is 1.38 bits per heavy atom. The number of alkyl halides is 3. The predicted molar refractivity (Wildman–Crippen MR) is 91.1 cm³/mol. The molecule has 1 aromatic rings. The molecule has 0 radical (unpaired) electrons. The molecular weight excluding hydrogens is 359 g/mol. The second-order valence-corrected chi connectivity index (χ2v) is 6.72. The first kappa shape index (κ1) is 16.8. The fourth-order valence-electron chi connectivity index (χ4n) is 2.19. The van der Waals surface area contributed by atoms with E-state index in [1.807, 2.05) is 0 Å². The lowest BCUT2D eigenvalue weighted by atomic mass is 10.1. The minimum atomic E-state index is -4.42. The zero-order chi connectivity index (χ0) is 17.3. The van der Waals surface area contributed by atoms with Gasteiger partial charge in [0.2, 0.25) is 0 Å². The minimum absolute atomic E-state index is 0.00506. The quantitative estimate of drug-likeness (QED) is 0.606. The maximum absolute atomic E-state index is 12.8. The standard InChI is InChI=1S/C15H10F3N3OS2/c16-15(17,18)10-3-1-2-9(4-10)7-21-13(22)12(24-14(21)23)5-11-6-19-8-20-11/h1-5,8H,6-7H2/b12-5-. The van der Waals surface area contributed by atoms with E-state index < -0.39 is 11.7 Å². The van der Waals surface area contributed by atoms with E-state index in [0.29, 0.717) is 27.0 Å². The average Bonchev–Trinajstić information content (AvgIpc) is 3.11. The molecule has 0 bridgehead atoms. The van der Waals surface area contributed by atoms with E-state index in [-0.39, 0.29) is 12.5 Å². The molecule has 2 heterocycles. The summed E-state index contributed by atoms with van der Waals surface area (Å²) in [5.74, 6) is -0.336. The van der Waals surface area contributed by atoms with E-state index in [9.17, 15) is 18.0 Å². The van der Waals surface area contributed by atoms with Crippen molar-refractivity contribution in [2.45, 2.75) is 12.7 Å². The van der Waals surface area contributed by atoms with Crippen molar-refractivity contribution < 1.29 is 18.0 Å². The van der Waals surface area contributed by atoms with Crippen LogP contribution < -0.4 is 0 Å². The lowest BCUT2D eigenvalue weighted by Crippen LogP contribution is -2.27. The zero-order valence-corrected chi connectivity index (χ0v) is 13.7. The molecule has 1 saturated heterocycles. The van der Waals surface area contributed by atoms with Crippen molar-refractivity contribution in [1.29, 1.82) is 0 Å². The summed E-state index contributed by atoms with van der Waals surface area (Å²) in [5, 5.41) is 0. The lowest BCUT2D eigenvalue weighted by molar-refractivity contribution is -0.137. The second-order valence-electron chi connectivity index (χ2n) is 5.04. The van der Waals surface area contributed by atoms with Gasteiger partial charge in [0.1, 0.15) is 10.7 Å². The molecule has 24 heavy (non-hydrogen) atoms. The van der Waals surface area contributed by atoms with Crippen molar-refractivity contribution in [3.63, 3.8) is 0 Å². The summed E-state index contributed by atoms with van der Waals surface area (Å²) < 4.78 is 38.6. The first-order valence-corrected chi connectivity index (χ1v) is 8.03. The summed E-state index contributed by atoms with van der Waals surface area (Å²) in [7, 11) is 0. The fraction of sp³-hybridized carbons (Fsp3) is 0.200. The SMILES string of the molecule is O=C1/C(=C/C2=NC=NC2)SC(=S)N1Cc1cccc(C(F)(F)F)c1. The van der Waals surface area contributed by atoms with Gasteiger partial charge in [-0.3, -0.25) is 14.7 Å². The molecule has 0 aromatic heterocycles. The van der Waals surface area contributed by atoms with Gasteiger partial charge in [-0.2, -0.15) is 13.2 Å². The van der Waals surface area contributed by atoms with E-state index in [2.05, 4.69) is 9.98 Å². The smallest absolute Gasteiger partial charge is 0.288 e. The molecule has 0 N–H and O–H groups in total. The van der Waals surface area contributed by atoms with Gasteiger partial charge in [0.15, 0.2) is 0 Å². The molecule has 0 aliphatic carbocycles. The largest absolute Gasteiger partial charge is 0.416 e. The van der Waals surface area contributed by atoms with E-state index in [1.165, 1.54) is 23.4 Å². The van der Waals surface area contributed by atoms with Crippen molar-refractivity contribution >= 4 is 46.3 Å². The van der Waals surface area contributed by atoms with Crippen molar-refractivity contribution in [2.75, 3.05) is 6.54 Å². The normalized spacial score (nSPS) is 19.5. The van der Waals surface area contributed by atoms with Crippen molar-refractivity contribution in [1.82, 2.24) is 4.90 Å². The Balaban J connectivity index is 1.78. The van der Waals surface area contributed by atoms with Gasteiger partial charge in [0.05, 0.1) is 29.3 Å². The fourth-order valence-corrected chi connectivity index (χ4v) is 3.44. The number of carbonyl (C=O) groups excluding carboxylic acids is 1. The van der Waals surface area contributed by atoms with Crippen molar-refractivity contribution in [3.05, 3.63) is 46.4 Å². The number of amides is 1. The first-order chi connectivity index (χ1) is 11.3. The van der Waals surface area contributed by atoms with E-state index in [1.54, 1.807) is 6.08 Å². The van der Waals surface area contributed by atoms with Gasteiger partial charge in [-0.25, -0.2) is 4.99 Å². The van der Waals surface area contributed by atoms with Gasteiger partial charge < -0.3 is 0 Å². The van der Waals surface area contributed by atoms with Crippen LogP contribution in [0.1, 0.15) is 11.1 Å². The predicted octanol–water partition coefficient (Wildman–Crippen LogP) is 3.43. The minimum Gasteiger partial charge on any atom is -0.288 e. The van der Waals surface area contributed by atoms with Gasteiger partial charge in [-0.05, 0) is 23.8 Å². The molecule has 1 fully saturated rings. The van der Waals surface area contributed by atoms with Crippen LogP contribution in [0.5, 0.6) is 0 Å². The van der Waals surface area contributed by atoms with Crippen LogP contribution in [0.15, 0.2) is 45.2 Å². The van der Waals surface area contributed by atoms with Crippen LogP contribution in [0.25, 0.3) is 0 Å². The highest BCUT2D eigenvalue weighted by molar-refractivity contribution is 8.26. The summed E-state index contributed by atoms with van der Waals surface area (Å²) in [6, 6.07) is 4.87. The number of hydrogen-bond donors (Lipinski definition) is 0. The Bertz CT molecular complexity index is 799. The second kappa shape index (κ2) is 6.48. The highest BCUT2D eigenvalue weighted by Gasteiger charge is 2.34. The molecule has 1 amide bonds. The average molecular weight is 369 g/mol. The van der Waals surface area contributed by atoms with Gasteiger partial charge in [-0.15, -0.1) is 0 Å². The Hall–Kier alpha value is -2.00. The highest BCUT2D eigenvalue weighted by Crippen LogP contribution is 2.34. The molecule has 124 valence electrons. The molecule has 1 aromatic carbocycles. The number of benzene rings is 1. The Morgan fingerprint density at radius 3 is 2.83 bits per heavy atom. The van der Waals surface area contributed by atoms with Crippen LogP contribution in [-0.2, 0) is 17.5 Å². The van der Waals surface area contributed by atoms with Gasteiger partial charge in [-0.1, -0.05) is 36.1 Å². The molecule has 0 spiro atoms. The molecule has 0 unspecified atom stereocenters. The third-order valence-corrected chi connectivity index (χ3v) is 4.70. The molecule has 2 aliphatic rings. The van der Waals surface area contributed by atoms with Crippen LogP contribution in [0, 0.1) is 0 Å². The summed E-state index contributed by atoms with van der Waals surface area (Å²) in [6.07, 6.45) is -1.40. The summed E-state index contributed by atoms with van der Waals surface area (Å²) in [6.45, 7) is 0.395. The highest BCUT2D eigenvalue weighted by atomic mass is 32.2.